The third-order valence-corrected chi connectivity index (χ3v) is 2.24. The molecule has 1 rings (SSSR count). The van der Waals surface area contributed by atoms with Gasteiger partial charge in [0.1, 0.15) is 0 Å². The van der Waals surface area contributed by atoms with Crippen LogP contribution >= 0.6 is 0 Å². The van der Waals surface area contributed by atoms with E-state index in [-0.39, 0.29) is 5.97 Å². The molecule has 1 aromatic rings. The first-order chi connectivity index (χ1) is 7.13. The van der Waals surface area contributed by atoms with Crippen LogP contribution in [0.4, 0.5) is 0 Å². The van der Waals surface area contributed by atoms with Gasteiger partial charge in [-0.1, -0.05) is 30.7 Å². The van der Waals surface area contributed by atoms with Crippen molar-refractivity contribution in [3.8, 4) is 0 Å². The van der Waals surface area contributed by atoms with Gasteiger partial charge in [0.25, 0.3) is 0 Å². The summed E-state index contributed by atoms with van der Waals surface area (Å²) in [5, 5.41) is 0. The van der Waals surface area contributed by atoms with Crippen molar-refractivity contribution in [1.29, 1.82) is 0 Å². The number of carbonyl (C=O) groups excluding carboxylic acids is 1. The molecule has 0 aliphatic heterocycles. The normalized spacial score (nSPS) is 10.1. The minimum atomic E-state index is -0.236. The number of hydroxylamine groups is 1. The number of aryl methyl sites for hydroxylation is 2. The standard InChI is InChI=1S/C12H17NO2/c1-4-12(14)15-13-8-11-6-5-9(2)7-10(11)3/h5-7,13H,4,8H2,1-3H3. The summed E-state index contributed by atoms with van der Waals surface area (Å²) in [6.45, 7) is 6.42. The number of carbonyl (C=O) groups is 1. The van der Waals surface area contributed by atoms with E-state index in [0.29, 0.717) is 13.0 Å². The summed E-state index contributed by atoms with van der Waals surface area (Å²) in [4.78, 5) is 15.6. The molecule has 0 saturated carbocycles. The number of hydrogen-bond acceptors (Lipinski definition) is 3. The monoisotopic (exact) mass is 207 g/mol. The average Bonchev–Trinajstić information content (AvgIpc) is 2.21. The maximum absolute atomic E-state index is 10.9. The molecule has 0 amide bonds. The largest absolute Gasteiger partial charge is 0.370 e. The lowest BCUT2D eigenvalue weighted by Crippen LogP contribution is -2.19. The fourth-order valence-corrected chi connectivity index (χ4v) is 1.31. The highest BCUT2D eigenvalue weighted by Crippen LogP contribution is 2.09. The maximum Gasteiger partial charge on any atom is 0.324 e. The molecule has 0 radical (unpaired) electrons. The molecule has 0 spiro atoms. The predicted octanol–water partition coefficient (Wildman–Crippen LogP) is 2.26. The molecule has 82 valence electrons. The molecule has 1 aromatic carbocycles. The summed E-state index contributed by atoms with van der Waals surface area (Å²) in [6, 6.07) is 6.20. The van der Waals surface area contributed by atoms with Crippen LogP contribution in [0, 0.1) is 13.8 Å². The smallest absolute Gasteiger partial charge is 0.324 e. The van der Waals surface area contributed by atoms with Crippen LogP contribution in [0.2, 0.25) is 0 Å². The van der Waals surface area contributed by atoms with E-state index in [1.54, 1.807) is 6.92 Å². The average molecular weight is 207 g/mol. The van der Waals surface area contributed by atoms with Crippen molar-refractivity contribution in [3.05, 3.63) is 34.9 Å². The van der Waals surface area contributed by atoms with Gasteiger partial charge in [0.2, 0.25) is 0 Å². The second kappa shape index (κ2) is 5.51. The van der Waals surface area contributed by atoms with E-state index < -0.39 is 0 Å². The van der Waals surface area contributed by atoms with Gasteiger partial charge in [0.05, 0.1) is 6.54 Å². The van der Waals surface area contributed by atoms with E-state index in [9.17, 15) is 4.79 Å². The Labute approximate surface area is 90.4 Å². The minimum absolute atomic E-state index is 0.236. The molecule has 3 heteroatoms. The van der Waals surface area contributed by atoms with E-state index in [2.05, 4.69) is 18.5 Å². The van der Waals surface area contributed by atoms with E-state index in [1.807, 2.05) is 19.1 Å². The molecule has 0 bridgehead atoms. The Morgan fingerprint density at radius 2 is 2.13 bits per heavy atom. The first-order valence-electron chi connectivity index (χ1n) is 5.12. The quantitative estimate of drug-likeness (QED) is 0.770. The van der Waals surface area contributed by atoms with Gasteiger partial charge >= 0.3 is 5.97 Å². The fraction of sp³-hybridized carbons (Fsp3) is 0.417. The molecule has 0 atom stereocenters. The van der Waals surface area contributed by atoms with Gasteiger partial charge in [0.15, 0.2) is 0 Å². The third-order valence-electron chi connectivity index (χ3n) is 2.24. The SMILES string of the molecule is CCC(=O)ONCc1ccc(C)cc1C. The van der Waals surface area contributed by atoms with Gasteiger partial charge in [0, 0.05) is 6.42 Å². The lowest BCUT2D eigenvalue weighted by atomic mass is 10.1. The Morgan fingerprint density at radius 3 is 2.73 bits per heavy atom. The van der Waals surface area contributed by atoms with Gasteiger partial charge < -0.3 is 4.84 Å². The molecule has 0 heterocycles. The molecule has 15 heavy (non-hydrogen) atoms. The van der Waals surface area contributed by atoms with Crippen LogP contribution in [0.5, 0.6) is 0 Å². The van der Waals surface area contributed by atoms with Gasteiger partial charge in [-0.2, -0.15) is 0 Å². The third kappa shape index (κ3) is 3.72. The number of hydrogen-bond donors (Lipinski definition) is 1. The highest BCUT2D eigenvalue weighted by molar-refractivity contribution is 5.68. The van der Waals surface area contributed by atoms with Crippen LogP contribution in [0.15, 0.2) is 18.2 Å². The van der Waals surface area contributed by atoms with Crippen molar-refractivity contribution >= 4 is 5.97 Å². The van der Waals surface area contributed by atoms with Crippen LogP contribution in [-0.2, 0) is 16.2 Å². The summed E-state index contributed by atoms with van der Waals surface area (Å²) in [7, 11) is 0. The Hall–Kier alpha value is -1.35. The van der Waals surface area contributed by atoms with Crippen molar-refractivity contribution in [2.75, 3.05) is 0 Å². The molecule has 0 unspecified atom stereocenters. The number of rotatable bonds is 4. The van der Waals surface area contributed by atoms with E-state index in [4.69, 9.17) is 4.84 Å². The van der Waals surface area contributed by atoms with Gasteiger partial charge in [-0.15, -0.1) is 5.48 Å². The van der Waals surface area contributed by atoms with Crippen LogP contribution < -0.4 is 5.48 Å². The van der Waals surface area contributed by atoms with Crippen LogP contribution in [0.1, 0.15) is 30.0 Å². The molecular formula is C12H17NO2. The van der Waals surface area contributed by atoms with Crippen molar-refractivity contribution in [1.82, 2.24) is 5.48 Å². The van der Waals surface area contributed by atoms with E-state index in [0.717, 1.165) is 5.56 Å². The molecule has 0 aliphatic rings. The van der Waals surface area contributed by atoms with Crippen LogP contribution in [-0.4, -0.2) is 5.97 Å². The zero-order chi connectivity index (χ0) is 11.3. The van der Waals surface area contributed by atoms with Crippen molar-refractivity contribution in [3.63, 3.8) is 0 Å². The van der Waals surface area contributed by atoms with Gasteiger partial charge in [-0.3, -0.25) is 4.79 Å². The lowest BCUT2D eigenvalue weighted by Gasteiger charge is -2.08. The second-order valence-electron chi connectivity index (χ2n) is 3.58. The fourth-order valence-electron chi connectivity index (χ4n) is 1.31. The summed E-state index contributed by atoms with van der Waals surface area (Å²) >= 11 is 0. The van der Waals surface area contributed by atoms with Gasteiger partial charge in [-0.05, 0) is 25.0 Å². The maximum atomic E-state index is 10.9. The molecule has 0 aromatic heterocycles. The van der Waals surface area contributed by atoms with Crippen LogP contribution in [0.25, 0.3) is 0 Å². The highest BCUT2D eigenvalue weighted by Gasteiger charge is 2.00. The molecule has 3 nitrogen and oxygen atoms in total. The van der Waals surface area contributed by atoms with Crippen LogP contribution in [0.3, 0.4) is 0 Å². The molecule has 1 N–H and O–H groups in total. The summed E-state index contributed by atoms with van der Waals surface area (Å²) in [5.41, 5.74) is 6.25. The van der Waals surface area contributed by atoms with E-state index in [1.165, 1.54) is 11.1 Å². The van der Waals surface area contributed by atoms with Crippen molar-refractivity contribution in [2.45, 2.75) is 33.7 Å². The predicted molar refractivity (Wildman–Crippen MR) is 59.1 cm³/mol. The summed E-state index contributed by atoms with van der Waals surface area (Å²) < 4.78 is 0. The first kappa shape index (κ1) is 11.7. The molecule has 0 saturated heterocycles. The van der Waals surface area contributed by atoms with Crippen molar-refractivity contribution in [2.24, 2.45) is 0 Å². The number of benzene rings is 1. The molecular weight excluding hydrogens is 190 g/mol. The van der Waals surface area contributed by atoms with Gasteiger partial charge in [-0.25, -0.2) is 0 Å². The molecule has 0 aliphatic carbocycles. The first-order valence-corrected chi connectivity index (χ1v) is 5.12. The zero-order valence-corrected chi connectivity index (χ0v) is 9.46. The Bertz CT molecular complexity index is 347. The Kier molecular flexibility index (Phi) is 4.31. The van der Waals surface area contributed by atoms with E-state index >= 15 is 0 Å². The lowest BCUT2D eigenvalue weighted by molar-refractivity contribution is -0.151. The van der Waals surface area contributed by atoms with Crippen molar-refractivity contribution < 1.29 is 9.63 Å². The second-order valence-corrected chi connectivity index (χ2v) is 3.58. The number of nitrogens with one attached hydrogen (secondary N) is 1. The highest BCUT2D eigenvalue weighted by atomic mass is 16.7. The Balaban J connectivity index is 2.47. The minimum Gasteiger partial charge on any atom is -0.370 e. The zero-order valence-electron chi connectivity index (χ0n) is 9.46. The Morgan fingerprint density at radius 1 is 1.40 bits per heavy atom. The topological polar surface area (TPSA) is 38.3 Å². The molecule has 0 fully saturated rings. The summed E-state index contributed by atoms with van der Waals surface area (Å²) in [6.07, 6.45) is 0.389. The summed E-state index contributed by atoms with van der Waals surface area (Å²) in [5.74, 6) is -0.236.